The topological polar surface area (TPSA) is 47.6 Å². The highest BCUT2D eigenvalue weighted by molar-refractivity contribution is 5.74. The van der Waals surface area contributed by atoms with Gasteiger partial charge in [-0.15, -0.1) is 0 Å². The molecule has 3 rings (SSSR count). The van der Waals surface area contributed by atoms with Crippen molar-refractivity contribution < 1.29 is 0 Å². The van der Waals surface area contributed by atoms with E-state index in [9.17, 15) is 0 Å². The van der Waals surface area contributed by atoms with Gasteiger partial charge in [-0.1, -0.05) is 78.9 Å². The van der Waals surface area contributed by atoms with Gasteiger partial charge in [0, 0.05) is 0 Å². The monoisotopic (exact) mass is 332 g/mol. The maximum absolute atomic E-state index is 9.13. The Morgan fingerprint density at radius 2 is 1.23 bits per heavy atom. The van der Waals surface area contributed by atoms with Crippen LogP contribution in [0, 0.1) is 22.7 Å². The minimum absolute atomic E-state index is 0.658. The molecular weight excluding hydrogens is 316 g/mol. The highest BCUT2D eigenvalue weighted by atomic mass is 14.2. The van der Waals surface area contributed by atoms with Crippen LogP contribution < -0.4 is 0 Å². The quantitative estimate of drug-likeness (QED) is 0.569. The fraction of sp³-hybridized carbons (Fsp3) is 0. The molecule has 0 saturated carbocycles. The molecule has 0 heterocycles. The van der Waals surface area contributed by atoms with E-state index < -0.39 is 0 Å². The van der Waals surface area contributed by atoms with E-state index in [-0.39, 0.29) is 0 Å². The summed E-state index contributed by atoms with van der Waals surface area (Å²) >= 11 is 0. The third-order valence-electron chi connectivity index (χ3n) is 3.96. The van der Waals surface area contributed by atoms with Gasteiger partial charge in [-0.2, -0.15) is 10.5 Å². The van der Waals surface area contributed by atoms with Crippen molar-refractivity contribution in [1.29, 1.82) is 10.5 Å². The molecule has 0 saturated heterocycles. The molecule has 0 N–H and O–H groups in total. The number of rotatable bonds is 4. The molecule has 0 amide bonds. The summed E-state index contributed by atoms with van der Waals surface area (Å²) in [5, 5.41) is 18.1. The van der Waals surface area contributed by atoms with E-state index in [2.05, 4.69) is 12.1 Å². The van der Waals surface area contributed by atoms with Crippen molar-refractivity contribution in [2.24, 2.45) is 0 Å². The zero-order chi connectivity index (χ0) is 18.2. The van der Waals surface area contributed by atoms with Gasteiger partial charge < -0.3 is 0 Å². The van der Waals surface area contributed by atoms with Crippen LogP contribution in [0.15, 0.2) is 72.8 Å². The molecule has 0 radical (unpaired) electrons. The van der Waals surface area contributed by atoms with Gasteiger partial charge in [-0.3, -0.25) is 0 Å². The molecule has 3 aromatic rings. The summed E-state index contributed by atoms with van der Waals surface area (Å²) in [7, 11) is 0. The first-order valence-corrected chi connectivity index (χ1v) is 8.24. The molecule has 0 fully saturated rings. The summed E-state index contributed by atoms with van der Waals surface area (Å²) in [5.41, 5.74) is 5.40. The van der Waals surface area contributed by atoms with Crippen molar-refractivity contribution in [3.05, 3.63) is 106 Å². The largest absolute Gasteiger partial charge is 0.192 e. The number of nitrogens with zero attached hydrogens (tertiary/aromatic N) is 2. The van der Waals surface area contributed by atoms with Gasteiger partial charge in [0.25, 0.3) is 0 Å². The predicted octanol–water partition coefficient (Wildman–Crippen LogP) is 5.77. The van der Waals surface area contributed by atoms with Crippen LogP contribution >= 0.6 is 0 Å². The van der Waals surface area contributed by atoms with Gasteiger partial charge in [-0.05, 0) is 40.5 Å². The third kappa shape index (κ3) is 4.35. The molecule has 0 bridgehead atoms. The van der Waals surface area contributed by atoms with E-state index in [4.69, 9.17) is 10.5 Å². The molecule has 0 aliphatic heterocycles. The normalized spacial score (nSPS) is 10.7. The van der Waals surface area contributed by atoms with Crippen LogP contribution in [0.25, 0.3) is 24.3 Å². The van der Waals surface area contributed by atoms with Crippen molar-refractivity contribution in [1.82, 2.24) is 0 Å². The van der Waals surface area contributed by atoms with E-state index in [0.717, 1.165) is 22.3 Å². The van der Waals surface area contributed by atoms with Crippen LogP contribution in [0.4, 0.5) is 0 Å². The second-order valence-corrected chi connectivity index (χ2v) is 5.77. The molecule has 3 aromatic carbocycles. The minimum Gasteiger partial charge on any atom is -0.192 e. The highest BCUT2D eigenvalue weighted by Crippen LogP contribution is 2.15. The minimum atomic E-state index is 0.658. The Kier molecular flexibility index (Phi) is 5.41. The Balaban J connectivity index is 1.72. The number of benzene rings is 3. The molecule has 0 aliphatic rings. The average molecular weight is 332 g/mol. The summed E-state index contributed by atoms with van der Waals surface area (Å²) in [6.07, 6.45) is 7.97. The maximum Gasteiger partial charge on any atom is 0.0997 e. The van der Waals surface area contributed by atoms with Crippen molar-refractivity contribution in [2.45, 2.75) is 0 Å². The lowest BCUT2D eigenvalue weighted by Crippen LogP contribution is -1.80. The highest BCUT2D eigenvalue weighted by Gasteiger charge is 1.96. The van der Waals surface area contributed by atoms with Crippen molar-refractivity contribution >= 4 is 24.3 Å². The van der Waals surface area contributed by atoms with E-state index in [1.807, 2.05) is 91.0 Å². The Labute approximate surface area is 153 Å². The van der Waals surface area contributed by atoms with E-state index >= 15 is 0 Å². The third-order valence-corrected chi connectivity index (χ3v) is 3.96. The first-order chi connectivity index (χ1) is 12.8. The molecule has 0 aliphatic carbocycles. The van der Waals surface area contributed by atoms with Crippen LogP contribution in [0.1, 0.15) is 33.4 Å². The SMILES string of the molecule is N#Cc1cccc(/C=C/c2ccc(/C=C/c3ccccc3C#N)cc2)c1. The lowest BCUT2D eigenvalue weighted by Gasteiger charge is -1.99. The summed E-state index contributed by atoms with van der Waals surface area (Å²) in [6.45, 7) is 0. The van der Waals surface area contributed by atoms with Gasteiger partial charge >= 0.3 is 0 Å². The van der Waals surface area contributed by atoms with Crippen LogP contribution in [0.3, 0.4) is 0 Å². The van der Waals surface area contributed by atoms with E-state index in [1.165, 1.54) is 0 Å². The molecular formula is C24H16N2. The summed E-state index contributed by atoms with van der Waals surface area (Å²) in [4.78, 5) is 0. The van der Waals surface area contributed by atoms with Gasteiger partial charge in [0.2, 0.25) is 0 Å². The van der Waals surface area contributed by atoms with E-state index in [0.29, 0.717) is 11.1 Å². The fourth-order valence-corrected chi connectivity index (χ4v) is 2.55. The maximum atomic E-state index is 9.13. The molecule has 0 unspecified atom stereocenters. The molecule has 0 atom stereocenters. The summed E-state index contributed by atoms with van der Waals surface area (Å²) < 4.78 is 0. The van der Waals surface area contributed by atoms with Crippen molar-refractivity contribution in [3.8, 4) is 12.1 Å². The lowest BCUT2D eigenvalue weighted by atomic mass is 10.1. The number of hydrogen-bond acceptors (Lipinski definition) is 2. The predicted molar refractivity (Wildman–Crippen MR) is 107 cm³/mol. The molecule has 26 heavy (non-hydrogen) atoms. The summed E-state index contributed by atoms with van der Waals surface area (Å²) in [5.74, 6) is 0. The first-order valence-electron chi connectivity index (χ1n) is 8.24. The second-order valence-electron chi connectivity index (χ2n) is 5.77. The van der Waals surface area contributed by atoms with Crippen LogP contribution in [-0.2, 0) is 0 Å². The molecule has 2 heteroatoms. The van der Waals surface area contributed by atoms with Crippen LogP contribution in [0.5, 0.6) is 0 Å². The van der Waals surface area contributed by atoms with Gasteiger partial charge in [0.15, 0.2) is 0 Å². The molecule has 0 aromatic heterocycles. The molecule has 2 nitrogen and oxygen atoms in total. The first kappa shape index (κ1) is 17.0. The Bertz CT molecular complexity index is 1040. The number of nitriles is 2. The summed E-state index contributed by atoms with van der Waals surface area (Å²) in [6, 6.07) is 27.6. The smallest absolute Gasteiger partial charge is 0.0997 e. The lowest BCUT2D eigenvalue weighted by molar-refractivity contribution is 1.47. The van der Waals surface area contributed by atoms with Crippen molar-refractivity contribution in [2.75, 3.05) is 0 Å². The Morgan fingerprint density at radius 1 is 0.577 bits per heavy atom. The van der Waals surface area contributed by atoms with Gasteiger partial charge in [0.1, 0.15) is 0 Å². The fourth-order valence-electron chi connectivity index (χ4n) is 2.55. The van der Waals surface area contributed by atoms with Crippen molar-refractivity contribution in [3.63, 3.8) is 0 Å². The van der Waals surface area contributed by atoms with Crippen LogP contribution in [0.2, 0.25) is 0 Å². The zero-order valence-corrected chi connectivity index (χ0v) is 14.1. The van der Waals surface area contributed by atoms with E-state index in [1.54, 1.807) is 6.07 Å². The van der Waals surface area contributed by atoms with Gasteiger partial charge in [-0.25, -0.2) is 0 Å². The molecule has 0 spiro atoms. The average Bonchev–Trinajstić information content (AvgIpc) is 2.72. The van der Waals surface area contributed by atoms with Gasteiger partial charge in [0.05, 0.1) is 23.3 Å². The second kappa shape index (κ2) is 8.29. The van der Waals surface area contributed by atoms with Crippen LogP contribution in [-0.4, -0.2) is 0 Å². The Hall–Kier alpha value is -3.88. The number of hydrogen-bond donors (Lipinski definition) is 0. The Morgan fingerprint density at radius 3 is 1.92 bits per heavy atom. The zero-order valence-electron chi connectivity index (χ0n) is 14.1. The molecule has 122 valence electrons. The standard InChI is InChI=1S/C24H16N2/c25-17-22-5-3-4-21(16-22)13-12-19-8-10-20(11-9-19)14-15-23-6-1-2-7-24(23)18-26/h1-16H/b13-12+,15-14+.